The van der Waals surface area contributed by atoms with Crippen molar-refractivity contribution in [1.29, 1.82) is 5.26 Å². The van der Waals surface area contributed by atoms with Gasteiger partial charge in [0.15, 0.2) is 0 Å². The Kier molecular flexibility index (Phi) is 7.57. The maximum atomic E-state index is 13.9. The number of carbonyl (C=O) groups excluding carboxylic acids is 2. The number of amides is 2. The minimum Gasteiger partial charge on any atom is -0.443 e. The smallest absolute Gasteiger partial charge is 0.417 e. The summed E-state index contributed by atoms with van der Waals surface area (Å²) >= 11 is 0. The van der Waals surface area contributed by atoms with Gasteiger partial charge < -0.3 is 19.7 Å². The molecule has 11 nitrogen and oxygen atoms in total. The first-order chi connectivity index (χ1) is 21.0. The van der Waals surface area contributed by atoms with Crippen molar-refractivity contribution in [2.75, 3.05) is 32.6 Å². The van der Waals surface area contributed by atoms with Crippen LogP contribution in [0.2, 0.25) is 0 Å². The van der Waals surface area contributed by atoms with Crippen LogP contribution in [0.4, 0.5) is 16.3 Å². The van der Waals surface area contributed by atoms with Gasteiger partial charge in [-0.05, 0) is 76.7 Å². The fraction of sp³-hybridized carbons (Fsp3) is 0.364. The third-order valence-electron chi connectivity index (χ3n) is 7.73. The van der Waals surface area contributed by atoms with E-state index in [1.165, 1.54) is 5.56 Å². The molecule has 0 saturated carbocycles. The fourth-order valence-electron chi connectivity index (χ4n) is 5.78. The van der Waals surface area contributed by atoms with Gasteiger partial charge in [-0.1, -0.05) is 12.1 Å². The molecule has 4 aromatic rings. The van der Waals surface area contributed by atoms with Crippen LogP contribution < -0.4 is 5.32 Å². The fourth-order valence-corrected chi connectivity index (χ4v) is 5.78. The van der Waals surface area contributed by atoms with E-state index in [-0.39, 0.29) is 6.54 Å². The Morgan fingerprint density at radius 2 is 2.05 bits per heavy atom. The summed E-state index contributed by atoms with van der Waals surface area (Å²) in [5.74, 6) is 0.447. The van der Waals surface area contributed by atoms with Crippen molar-refractivity contribution in [3.8, 4) is 17.3 Å². The number of hydrogen-bond donors (Lipinski definition) is 1. The molecule has 0 spiro atoms. The number of hydrogen-bond acceptors (Lipinski definition) is 9. The molecule has 2 amide bonds. The van der Waals surface area contributed by atoms with E-state index in [4.69, 9.17) is 14.5 Å². The Hall–Kier alpha value is -4.79. The molecule has 226 valence electrons. The van der Waals surface area contributed by atoms with Crippen LogP contribution in [-0.2, 0) is 22.6 Å². The summed E-state index contributed by atoms with van der Waals surface area (Å²) in [6, 6.07) is 13.3. The second kappa shape index (κ2) is 11.4. The number of fused-ring (bicyclic) bond motifs is 2. The molecule has 1 aromatic carbocycles. The summed E-state index contributed by atoms with van der Waals surface area (Å²) in [6.07, 6.45) is 3.74. The van der Waals surface area contributed by atoms with Gasteiger partial charge >= 0.3 is 6.09 Å². The second-order valence-electron chi connectivity index (χ2n) is 12.4. The number of nitriles is 1. The topological polar surface area (TPSA) is 125 Å². The van der Waals surface area contributed by atoms with Crippen molar-refractivity contribution in [2.45, 2.75) is 51.8 Å². The van der Waals surface area contributed by atoms with E-state index >= 15 is 0 Å². The number of ether oxygens (including phenoxy) is 2. The average molecular weight is 594 g/mol. The zero-order valence-corrected chi connectivity index (χ0v) is 25.5. The van der Waals surface area contributed by atoms with E-state index in [9.17, 15) is 14.9 Å². The van der Waals surface area contributed by atoms with Crippen LogP contribution >= 0.6 is 0 Å². The van der Waals surface area contributed by atoms with Gasteiger partial charge in [0, 0.05) is 30.8 Å². The lowest BCUT2D eigenvalue weighted by molar-refractivity contribution is 0.0248. The first kappa shape index (κ1) is 29.3. The third kappa shape index (κ3) is 5.62. The second-order valence-corrected chi connectivity index (χ2v) is 12.4. The number of rotatable bonds is 6. The zero-order chi connectivity index (χ0) is 31.2. The number of anilines is 2. The predicted octanol–water partition coefficient (Wildman–Crippen LogP) is 5.47. The van der Waals surface area contributed by atoms with E-state index in [0.717, 1.165) is 34.9 Å². The molecule has 0 bridgehead atoms. The maximum Gasteiger partial charge on any atom is 0.417 e. The molecular weight excluding hydrogens is 558 g/mol. The van der Waals surface area contributed by atoms with E-state index in [1.54, 1.807) is 45.3 Å². The molecule has 44 heavy (non-hydrogen) atoms. The van der Waals surface area contributed by atoms with Crippen LogP contribution in [0.1, 0.15) is 65.9 Å². The molecule has 5 heterocycles. The molecule has 1 fully saturated rings. The quantitative estimate of drug-likeness (QED) is 0.310. The maximum absolute atomic E-state index is 13.9. The van der Waals surface area contributed by atoms with Crippen LogP contribution in [-0.4, -0.2) is 69.1 Å². The van der Waals surface area contributed by atoms with E-state index < -0.39 is 17.6 Å². The van der Waals surface area contributed by atoms with Gasteiger partial charge in [0.25, 0.3) is 5.91 Å². The van der Waals surface area contributed by atoms with Crippen molar-refractivity contribution >= 4 is 29.2 Å². The van der Waals surface area contributed by atoms with E-state index in [1.807, 2.05) is 36.7 Å². The number of carbonyl (C=O) groups is 2. The highest BCUT2D eigenvalue weighted by atomic mass is 16.6. The Morgan fingerprint density at radius 3 is 2.75 bits per heavy atom. The van der Waals surface area contributed by atoms with Crippen molar-refractivity contribution in [3.63, 3.8) is 0 Å². The number of benzene rings is 1. The minimum absolute atomic E-state index is 0.0391. The molecule has 0 aliphatic carbocycles. The van der Waals surface area contributed by atoms with Crippen molar-refractivity contribution < 1.29 is 19.1 Å². The molecule has 1 N–H and O–H groups in total. The molecule has 11 heteroatoms. The monoisotopic (exact) mass is 593 g/mol. The normalized spacial score (nSPS) is 16.4. The van der Waals surface area contributed by atoms with Crippen LogP contribution in [0, 0.1) is 11.3 Å². The highest BCUT2D eigenvalue weighted by molar-refractivity contribution is 6.11. The van der Waals surface area contributed by atoms with Gasteiger partial charge in [0.1, 0.15) is 17.1 Å². The summed E-state index contributed by atoms with van der Waals surface area (Å²) < 4.78 is 13.1. The van der Waals surface area contributed by atoms with Gasteiger partial charge in [-0.15, -0.1) is 0 Å². The first-order valence-corrected chi connectivity index (χ1v) is 14.6. The Bertz CT molecular complexity index is 1810. The van der Waals surface area contributed by atoms with Gasteiger partial charge in [-0.3, -0.25) is 9.20 Å². The molecule has 1 atom stereocenters. The Morgan fingerprint density at radius 1 is 1.23 bits per heavy atom. The lowest BCUT2D eigenvalue weighted by Crippen LogP contribution is -2.37. The number of pyridine rings is 2. The zero-order valence-electron chi connectivity index (χ0n) is 25.5. The number of nitrogens with one attached hydrogen (secondary N) is 1. The summed E-state index contributed by atoms with van der Waals surface area (Å²) in [5.41, 5.74) is 5.53. The predicted molar refractivity (Wildman–Crippen MR) is 165 cm³/mol. The number of nitrogens with zero attached hydrogens (tertiary/aromatic N) is 6. The number of aromatic nitrogens is 3. The van der Waals surface area contributed by atoms with E-state index in [2.05, 4.69) is 27.3 Å². The number of imide groups is 1. The standard InChI is InChI=1S/C33H35N7O4/c1-33(2,3)44-32(42)40-17-24-23(27-16-35-29-14-20(15-34)10-12-39(27)29)6-8-25(30(24)31(40)41)36-28-9-7-22(21-11-13-43-19-21)26(37-28)18-38(4)5/h6-10,12,14,16,21H,11,13,17-19H2,1-5H3,(H,36,37). The lowest BCUT2D eigenvalue weighted by atomic mass is 9.96. The van der Waals surface area contributed by atoms with Gasteiger partial charge in [-0.25, -0.2) is 19.7 Å². The molecule has 1 saturated heterocycles. The molecular formula is C33H35N7O4. The summed E-state index contributed by atoms with van der Waals surface area (Å²) in [6.45, 7) is 7.42. The number of imidazole rings is 1. The molecule has 1 unspecified atom stereocenters. The van der Waals surface area contributed by atoms with Crippen LogP contribution in [0.25, 0.3) is 16.9 Å². The minimum atomic E-state index is -0.769. The van der Waals surface area contributed by atoms with Crippen LogP contribution in [0.3, 0.4) is 0 Å². The lowest BCUT2D eigenvalue weighted by Gasteiger charge is -2.23. The highest BCUT2D eigenvalue weighted by Gasteiger charge is 2.39. The van der Waals surface area contributed by atoms with Gasteiger partial charge in [-0.2, -0.15) is 5.26 Å². The highest BCUT2D eigenvalue weighted by Crippen LogP contribution is 2.39. The molecule has 2 aliphatic rings. The Balaban J connectivity index is 1.42. The third-order valence-corrected chi connectivity index (χ3v) is 7.73. The molecule has 6 rings (SSSR count). The van der Waals surface area contributed by atoms with E-state index in [0.29, 0.717) is 52.9 Å². The van der Waals surface area contributed by atoms with Crippen LogP contribution in [0.5, 0.6) is 0 Å². The van der Waals surface area contributed by atoms with Crippen LogP contribution in [0.15, 0.2) is 48.8 Å². The Labute approximate surface area is 256 Å². The summed E-state index contributed by atoms with van der Waals surface area (Å²) in [5, 5.41) is 12.7. The van der Waals surface area contributed by atoms with Crippen molar-refractivity contribution in [1.82, 2.24) is 24.2 Å². The molecule has 0 radical (unpaired) electrons. The largest absolute Gasteiger partial charge is 0.443 e. The van der Waals surface area contributed by atoms with Crippen molar-refractivity contribution in [2.24, 2.45) is 0 Å². The average Bonchev–Trinajstić information content (AvgIpc) is 3.71. The summed E-state index contributed by atoms with van der Waals surface area (Å²) in [7, 11) is 4.01. The first-order valence-electron chi connectivity index (χ1n) is 14.6. The van der Waals surface area contributed by atoms with Crippen molar-refractivity contribution in [3.05, 3.63) is 76.7 Å². The summed E-state index contributed by atoms with van der Waals surface area (Å²) in [4.78, 5) is 39.8. The van der Waals surface area contributed by atoms with Gasteiger partial charge in [0.2, 0.25) is 0 Å². The SMILES string of the molecule is CN(C)Cc1nc(Nc2ccc(-c3cnc4cc(C#N)ccn34)c3c2C(=O)N(C(=O)OC(C)(C)C)C3)ccc1C1CCOC1. The van der Waals surface area contributed by atoms with Gasteiger partial charge in [0.05, 0.1) is 53.6 Å². The molecule has 3 aromatic heterocycles. The molecule has 2 aliphatic heterocycles.